The first-order valence-electron chi connectivity index (χ1n) is 7.47. The fourth-order valence-corrected chi connectivity index (χ4v) is 2.19. The number of nitrogens with zero attached hydrogens (tertiary/aromatic N) is 3. The van der Waals surface area contributed by atoms with Crippen LogP contribution in [0.4, 0.5) is 0 Å². The Bertz CT molecular complexity index is 649. The van der Waals surface area contributed by atoms with E-state index in [-0.39, 0.29) is 5.54 Å². The Hall–Kier alpha value is -2.30. The lowest BCUT2D eigenvalue weighted by atomic mass is 10.1. The highest BCUT2D eigenvalue weighted by Crippen LogP contribution is 2.10. The average Bonchev–Trinajstić information content (AvgIpc) is 2.81. The van der Waals surface area contributed by atoms with Gasteiger partial charge in [-0.25, -0.2) is 9.98 Å². The molecule has 0 saturated carbocycles. The molecule has 0 fully saturated rings. The molecule has 5 heteroatoms. The number of guanidine groups is 1. The summed E-state index contributed by atoms with van der Waals surface area (Å²) in [4.78, 5) is 8.64. The molecular weight excluding hydrogens is 274 g/mol. The van der Waals surface area contributed by atoms with E-state index in [9.17, 15) is 0 Å². The molecule has 0 aliphatic carbocycles. The summed E-state index contributed by atoms with van der Waals surface area (Å²) in [5, 5.41) is 3.16. The van der Waals surface area contributed by atoms with E-state index in [1.807, 2.05) is 19.3 Å². The zero-order valence-electron chi connectivity index (χ0n) is 13.8. The van der Waals surface area contributed by atoms with Crippen molar-refractivity contribution in [3.8, 4) is 0 Å². The van der Waals surface area contributed by atoms with E-state index in [2.05, 4.69) is 64.9 Å². The lowest BCUT2D eigenvalue weighted by Gasteiger charge is -2.21. The lowest BCUT2D eigenvalue weighted by molar-refractivity contribution is 0.508. The van der Waals surface area contributed by atoms with Crippen LogP contribution in [-0.2, 0) is 13.1 Å². The quantitative estimate of drug-likeness (QED) is 0.673. The van der Waals surface area contributed by atoms with Crippen LogP contribution in [0.2, 0.25) is 0 Å². The van der Waals surface area contributed by atoms with Crippen molar-refractivity contribution in [1.82, 2.24) is 14.9 Å². The largest absolute Gasteiger partial charge is 0.370 e. The van der Waals surface area contributed by atoms with Gasteiger partial charge in [-0.1, -0.05) is 24.3 Å². The van der Waals surface area contributed by atoms with Gasteiger partial charge in [0.15, 0.2) is 5.96 Å². The Morgan fingerprint density at radius 3 is 2.68 bits per heavy atom. The maximum absolute atomic E-state index is 5.90. The highest BCUT2D eigenvalue weighted by molar-refractivity contribution is 5.78. The fourth-order valence-electron chi connectivity index (χ4n) is 2.19. The number of hydrogen-bond donors (Lipinski definition) is 2. The topological polar surface area (TPSA) is 68.2 Å². The van der Waals surface area contributed by atoms with Gasteiger partial charge in [-0.05, 0) is 38.8 Å². The Morgan fingerprint density at radius 1 is 1.32 bits per heavy atom. The molecular formula is C17H25N5. The number of benzene rings is 1. The third-order valence-corrected chi connectivity index (χ3v) is 3.20. The summed E-state index contributed by atoms with van der Waals surface area (Å²) in [6, 6.07) is 8.40. The number of nitrogens with two attached hydrogens (primary N) is 1. The van der Waals surface area contributed by atoms with Gasteiger partial charge in [-0.2, -0.15) is 0 Å². The molecule has 2 aromatic rings. The molecule has 22 heavy (non-hydrogen) atoms. The number of nitrogens with one attached hydrogen (secondary N) is 1. The minimum Gasteiger partial charge on any atom is -0.370 e. The van der Waals surface area contributed by atoms with Gasteiger partial charge in [0.1, 0.15) is 5.82 Å². The molecule has 0 aliphatic rings. The van der Waals surface area contributed by atoms with Crippen LogP contribution < -0.4 is 11.1 Å². The smallest absolute Gasteiger partial charge is 0.189 e. The van der Waals surface area contributed by atoms with Crippen LogP contribution >= 0.6 is 0 Å². The van der Waals surface area contributed by atoms with E-state index in [4.69, 9.17) is 5.73 Å². The second kappa shape index (κ2) is 6.64. The Morgan fingerprint density at radius 2 is 2.05 bits per heavy atom. The van der Waals surface area contributed by atoms with E-state index in [1.54, 1.807) is 0 Å². The summed E-state index contributed by atoms with van der Waals surface area (Å²) >= 11 is 0. The summed E-state index contributed by atoms with van der Waals surface area (Å²) in [6.07, 6.45) is 3.81. The SMILES string of the molecule is Cc1nccn1Cc1cccc(CN=C(N)NC(C)(C)C)c1. The van der Waals surface area contributed by atoms with Crippen LogP contribution in [0.15, 0.2) is 41.7 Å². The normalized spacial score (nSPS) is 12.5. The van der Waals surface area contributed by atoms with E-state index in [0.29, 0.717) is 12.5 Å². The predicted octanol–water partition coefficient (Wildman–Crippen LogP) is 2.44. The molecule has 1 aromatic heterocycles. The maximum Gasteiger partial charge on any atom is 0.189 e. The van der Waals surface area contributed by atoms with Crippen LogP contribution in [0.5, 0.6) is 0 Å². The zero-order valence-corrected chi connectivity index (χ0v) is 13.8. The molecule has 0 atom stereocenters. The number of aromatic nitrogens is 2. The monoisotopic (exact) mass is 299 g/mol. The second-order valence-corrected chi connectivity index (χ2v) is 6.50. The fraction of sp³-hybridized carbons (Fsp3) is 0.412. The van der Waals surface area contributed by atoms with Gasteiger partial charge in [0.2, 0.25) is 0 Å². The standard InChI is InChI=1S/C17H25N5/c1-13-19-8-9-22(13)12-15-7-5-6-14(10-15)11-20-16(18)21-17(2,3)4/h5-10H,11-12H2,1-4H3,(H3,18,20,21). The van der Waals surface area contributed by atoms with Gasteiger partial charge in [-0.15, -0.1) is 0 Å². The molecule has 118 valence electrons. The van der Waals surface area contributed by atoms with Crippen molar-refractivity contribution in [2.24, 2.45) is 10.7 Å². The molecule has 1 aromatic carbocycles. The molecule has 0 amide bonds. The first kappa shape index (κ1) is 16.1. The van der Waals surface area contributed by atoms with Gasteiger partial charge in [0.25, 0.3) is 0 Å². The number of aryl methyl sites for hydroxylation is 1. The van der Waals surface area contributed by atoms with Crippen LogP contribution in [-0.4, -0.2) is 21.0 Å². The van der Waals surface area contributed by atoms with Crippen LogP contribution in [0.1, 0.15) is 37.7 Å². The summed E-state index contributed by atoms with van der Waals surface area (Å²) in [5.74, 6) is 1.49. The Balaban J connectivity index is 2.03. The van der Waals surface area contributed by atoms with Crippen molar-refractivity contribution < 1.29 is 0 Å². The highest BCUT2D eigenvalue weighted by atomic mass is 15.1. The molecule has 0 radical (unpaired) electrons. The molecule has 3 N–H and O–H groups in total. The second-order valence-electron chi connectivity index (χ2n) is 6.50. The molecule has 0 saturated heterocycles. The highest BCUT2D eigenvalue weighted by Gasteiger charge is 2.09. The van der Waals surface area contributed by atoms with Crippen LogP contribution in [0.25, 0.3) is 0 Å². The third kappa shape index (κ3) is 4.91. The van der Waals surface area contributed by atoms with Crippen molar-refractivity contribution in [2.75, 3.05) is 0 Å². The maximum atomic E-state index is 5.90. The zero-order chi connectivity index (χ0) is 16.2. The number of hydrogen-bond acceptors (Lipinski definition) is 2. The molecule has 0 spiro atoms. The molecule has 5 nitrogen and oxygen atoms in total. The van der Waals surface area contributed by atoms with Gasteiger partial charge >= 0.3 is 0 Å². The van der Waals surface area contributed by atoms with Crippen molar-refractivity contribution in [3.05, 3.63) is 53.6 Å². The van der Waals surface area contributed by atoms with Crippen molar-refractivity contribution in [3.63, 3.8) is 0 Å². The average molecular weight is 299 g/mol. The summed E-state index contributed by atoms with van der Waals surface area (Å²) in [7, 11) is 0. The summed E-state index contributed by atoms with van der Waals surface area (Å²) in [6.45, 7) is 9.58. The third-order valence-electron chi connectivity index (χ3n) is 3.20. The van der Waals surface area contributed by atoms with E-state index in [1.165, 1.54) is 5.56 Å². The lowest BCUT2D eigenvalue weighted by Crippen LogP contribution is -2.44. The van der Waals surface area contributed by atoms with E-state index >= 15 is 0 Å². The van der Waals surface area contributed by atoms with Crippen molar-refractivity contribution >= 4 is 5.96 Å². The molecule has 2 rings (SSSR count). The van der Waals surface area contributed by atoms with Crippen LogP contribution in [0, 0.1) is 6.92 Å². The van der Waals surface area contributed by atoms with Crippen molar-refractivity contribution in [1.29, 1.82) is 0 Å². The number of imidazole rings is 1. The predicted molar refractivity (Wildman–Crippen MR) is 90.7 cm³/mol. The molecule has 1 heterocycles. The molecule has 0 bridgehead atoms. The van der Waals surface area contributed by atoms with Gasteiger partial charge < -0.3 is 15.6 Å². The molecule has 0 unspecified atom stereocenters. The summed E-state index contributed by atoms with van der Waals surface area (Å²) in [5.41, 5.74) is 8.21. The van der Waals surface area contributed by atoms with Gasteiger partial charge in [0, 0.05) is 24.5 Å². The van der Waals surface area contributed by atoms with Gasteiger partial charge in [0.05, 0.1) is 6.54 Å². The minimum absolute atomic E-state index is 0.0750. The van der Waals surface area contributed by atoms with E-state index < -0.39 is 0 Å². The Labute approximate surface area is 132 Å². The van der Waals surface area contributed by atoms with E-state index in [0.717, 1.165) is 17.9 Å². The first-order chi connectivity index (χ1) is 10.3. The van der Waals surface area contributed by atoms with Gasteiger partial charge in [-0.3, -0.25) is 0 Å². The number of aliphatic imine (C=N–C) groups is 1. The van der Waals surface area contributed by atoms with Crippen LogP contribution in [0.3, 0.4) is 0 Å². The Kier molecular flexibility index (Phi) is 4.85. The van der Waals surface area contributed by atoms with Crippen molar-refractivity contribution in [2.45, 2.75) is 46.3 Å². The molecule has 0 aliphatic heterocycles. The first-order valence-corrected chi connectivity index (χ1v) is 7.47. The minimum atomic E-state index is -0.0750. The summed E-state index contributed by atoms with van der Waals surface area (Å²) < 4.78 is 2.12. The number of rotatable bonds is 4.